The van der Waals surface area contributed by atoms with Gasteiger partial charge in [0.1, 0.15) is 0 Å². The number of hydrogen-bond donors (Lipinski definition) is 0. The van der Waals surface area contributed by atoms with Gasteiger partial charge in [0, 0.05) is 18.5 Å². The van der Waals surface area contributed by atoms with Crippen molar-refractivity contribution >= 4 is 15.9 Å². The van der Waals surface area contributed by atoms with Crippen LogP contribution in [0.1, 0.15) is 26.7 Å². The summed E-state index contributed by atoms with van der Waals surface area (Å²) in [5.41, 5.74) is 0. The van der Waals surface area contributed by atoms with Crippen LogP contribution in [0.5, 0.6) is 0 Å². The van der Waals surface area contributed by atoms with Crippen LogP contribution in [0.2, 0.25) is 0 Å². The summed E-state index contributed by atoms with van der Waals surface area (Å²) in [5, 5.41) is 0. The molecule has 0 N–H and O–H groups in total. The summed E-state index contributed by atoms with van der Waals surface area (Å²) in [6.45, 7) is 5.30. The number of alkyl halides is 1. The Bertz CT molecular complexity index is 73.7. The van der Waals surface area contributed by atoms with Gasteiger partial charge in [-0.2, -0.15) is 0 Å². The van der Waals surface area contributed by atoms with Crippen LogP contribution in [-0.2, 0) is 4.74 Å². The highest BCUT2D eigenvalue weighted by Gasteiger charge is 2.10. The van der Waals surface area contributed by atoms with Crippen molar-refractivity contribution in [3.8, 4) is 0 Å². The van der Waals surface area contributed by atoms with Gasteiger partial charge >= 0.3 is 0 Å². The summed E-state index contributed by atoms with van der Waals surface area (Å²) in [4.78, 5) is 0.618. The molecule has 2 heteroatoms. The van der Waals surface area contributed by atoms with Gasteiger partial charge in [0.15, 0.2) is 0 Å². The number of halogens is 1. The van der Waals surface area contributed by atoms with Gasteiger partial charge in [-0.3, -0.25) is 0 Å². The monoisotopic (exact) mass is 208 g/mol. The molecule has 0 aromatic heterocycles. The van der Waals surface area contributed by atoms with Crippen LogP contribution in [0.15, 0.2) is 0 Å². The van der Waals surface area contributed by atoms with Crippen molar-refractivity contribution in [2.75, 3.05) is 13.7 Å². The highest BCUT2D eigenvalue weighted by atomic mass is 79.9. The predicted molar refractivity (Wildman–Crippen MR) is 48.7 cm³/mol. The Morgan fingerprint density at radius 3 is 2.40 bits per heavy atom. The van der Waals surface area contributed by atoms with E-state index in [1.165, 1.54) is 12.8 Å². The van der Waals surface area contributed by atoms with Crippen molar-refractivity contribution in [3.05, 3.63) is 0 Å². The maximum Gasteiger partial charge on any atom is 0.0465 e. The predicted octanol–water partition coefficient (Wildman–Crippen LogP) is 2.83. The molecule has 0 saturated carbocycles. The van der Waals surface area contributed by atoms with E-state index in [1.54, 1.807) is 7.11 Å². The van der Waals surface area contributed by atoms with Crippen LogP contribution < -0.4 is 0 Å². The van der Waals surface area contributed by atoms with Gasteiger partial charge < -0.3 is 4.74 Å². The minimum Gasteiger partial charge on any atom is -0.385 e. The molecule has 1 nitrogen and oxygen atoms in total. The fourth-order valence-electron chi connectivity index (χ4n) is 1.03. The van der Waals surface area contributed by atoms with E-state index >= 15 is 0 Å². The van der Waals surface area contributed by atoms with E-state index in [4.69, 9.17) is 4.74 Å². The molecule has 2 unspecified atom stereocenters. The second kappa shape index (κ2) is 6.17. The normalized spacial score (nSPS) is 16.8. The van der Waals surface area contributed by atoms with E-state index in [0.29, 0.717) is 4.83 Å². The Labute approximate surface area is 72.3 Å². The van der Waals surface area contributed by atoms with Gasteiger partial charge in [0.05, 0.1) is 0 Å². The molecule has 0 radical (unpaired) electrons. The third kappa shape index (κ3) is 4.29. The van der Waals surface area contributed by atoms with Crippen LogP contribution in [0, 0.1) is 5.92 Å². The van der Waals surface area contributed by atoms with Gasteiger partial charge in [0.25, 0.3) is 0 Å². The van der Waals surface area contributed by atoms with Gasteiger partial charge in [0.2, 0.25) is 0 Å². The fraction of sp³-hybridized carbons (Fsp3) is 1.00. The molecular weight excluding hydrogens is 192 g/mol. The Kier molecular flexibility index (Phi) is 6.44. The zero-order valence-corrected chi connectivity index (χ0v) is 8.65. The first-order valence-corrected chi connectivity index (χ1v) is 4.77. The smallest absolute Gasteiger partial charge is 0.0465 e. The third-order valence-corrected chi connectivity index (χ3v) is 2.61. The van der Waals surface area contributed by atoms with Crippen molar-refractivity contribution in [1.29, 1.82) is 0 Å². The molecule has 0 amide bonds. The molecule has 0 aromatic carbocycles. The molecule has 0 saturated heterocycles. The number of hydrogen-bond acceptors (Lipinski definition) is 1. The average Bonchev–Trinajstić information content (AvgIpc) is 1.89. The van der Waals surface area contributed by atoms with E-state index in [1.807, 2.05) is 0 Å². The molecule has 0 aliphatic carbocycles. The second-order valence-electron chi connectivity index (χ2n) is 2.63. The maximum absolute atomic E-state index is 5.00. The topological polar surface area (TPSA) is 9.23 Å². The van der Waals surface area contributed by atoms with Gasteiger partial charge in [-0.15, -0.1) is 0 Å². The molecule has 0 rings (SSSR count). The standard InChI is InChI=1S/C8H17BrO/c1-4-8(7(2)9)5-6-10-3/h7-8H,4-6H2,1-3H3. The molecule has 2 atom stereocenters. The summed E-state index contributed by atoms with van der Waals surface area (Å²) in [7, 11) is 1.76. The highest BCUT2D eigenvalue weighted by molar-refractivity contribution is 9.09. The van der Waals surface area contributed by atoms with E-state index < -0.39 is 0 Å². The summed E-state index contributed by atoms with van der Waals surface area (Å²) >= 11 is 3.58. The van der Waals surface area contributed by atoms with Gasteiger partial charge in [-0.05, 0) is 12.3 Å². The third-order valence-electron chi connectivity index (χ3n) is 1.87. The molecule has 0 aromatic rings. The summed E-state index contributed by atoms with van der Waals surface area (Å²) < 4.78 is 5.00. The maximum atomic E-state index is 5.00. The number of methoxy groups -OCH3 is 1. The van der Waals surface area contributed by atoms with Crippen molar-refractivity contribution < 1.29 is 4.74 Å². The molecule has 0 aliphatic heterocycles. The van der Waals surface area contributed by atoms with Crippen LogP contribution in [0.4, 0.5) is 0 Å². The van der Waals surface area contributed by atoms with E-state index in [2.05, 4.69) is 29.8 Å². The van der Waals surface area contributed by atoms with Crippen LogP contribution >= 0.6 is 15.9 Å². The Morgan fingerprint density at radius 1 is 1.50 bits per heavy atom. The molecule has 0 aliphatic rings. The summed E-state index contributed by atoms with van der Waals surface area (Å²) in [6, 6.07) is 0. The van der Waals surface area contributed by atoms with Crippen molar-refractivity contribution in [3.63, 3.8) is 0 Å². The Hall–Kier alpha value is 0.440. The van der Waals surface area contributed by atoms with E-state index in [0.717, 1.165) is 12.5 Å². The van der Waals surface area contributed by atoms with E-state index in [-0.39, 0.29) is 0 Å². The van der Waals surface area contributed by atoms with E-state index in [9.17, 15) is 0 Å². The fourth-order valence-corrected chi connectivity index (χ4v) is 1.67. The zero-order valence-electron chi connectivity index (χ0n) is 7.06. The van der Waals surface area contributed by atoms with Crippen molar-refractivity contribution in [1.82, 2.24) is 0 Å². The zero-order chi connectivity index (χ0) is 7.98. The lowest BCUT2D eigenvalue weighted by Crippen LogP contribution is -2.12. The Morgan fingerprint density at radius 2 is 2.10 bits per heavy atom. The van der Waals surface area contributed by atoms with Gasteiger partial charge in [-0.1, -0.05) is 36.2 Å². The average molecular weight is 209 g/mol. The lowest BCUT2D eigenvalue weighted by molar-refractivity contribution is 0.176. The molecule has 0 bridgehead atoms. The molecule has 0 fully saturated rings. The lowest BCUT2D eigenvalue weighted by atomic mass is 10.0. The molecular formula is C8H17BrO. The molecule has 0 spiro atoms. The molecule has 10 heavy (non-hydrogen) atoms. The molecule has 0 heterocycles. The second-order valence-corrected chi connectivity index (χ2v) is 4.07. The van der Waals surface area contributed by atoms with Crippen LogP contribution in [0.3, 0.4) is 0 Å². The largest absolute Gasteiger partial charge is 0.385 e. The minimum atomic E-state index is 0.618. The first-order valence-electron chi connectivity index (χ1n) is 3.85. The van der Waals surface area contributed by atoms with Crippen molar-refractivity contribution in [2.45, 2.75) is 31.5 Å². The Balaban J connectivity index is 3.40. The molecule has 62 valence electrons. The first kappa shape index (κ1) is 10.4. The lowest BCUT2D eigenvalue weighted by Gasteiger charge is -2.16. The van der Waals surface area contributed by atoms with Crippen molar-refractivity contribution in [2.24, 2.45) is 5.92 Å². The summed E-state index contributed by atoms with van der Waals surface area (Å²) in [5.74, 6) is 0.764. The van der Waals surface area contributed by atoms with Gasteiger partial charge in [-0.25, -0.2) is 0 Å². The highest BCUT2D eigenvalue weighted by Crippen LogP contribution is 2.19. The SMILES string of the molecule is CCC(CCOC)C(C)Br. The summed E-state index contributed by atoms with van der Waals surface area (Å²) in [6.07, 6.45) is 2.40. The first-order chi connectivity index (χ1) is 4.72. The quantitative estimate of drug-likeness (QED) is 0.632. The number of rotatable bonds is 5. The number of ether oxygens (including phenoxy) is 1. The van der Waals surface area contributed by atoms with Crippen LogP contribution in [0.25, 0.3) is 0 Å². The minimum absolute atomic E-state index is 0.618. The van der Waals surface area contributed by atoms with Crippen LogP contribution in [-0.4, -0.2) is 18.5 Å².